The van der Waals surface area contributed by atoms with Crippen molar-refractivity contribution in [1.29, 1.82) is 0 Å². The van der Waals surface area contributed by atoms with Crippen LogP contribution in [0.15, 0.2) is 60.0 Å². The maximum atomic E-state index is 12.9. The molecule has 1 aliphatic rings. The van der Waals surface area contributed by atoms with Crippen molar-refractivity contribution in [3.63, 3.8) is 0 Å². The van der Waals surface area contributed by atoms with Gasteiger partial charge in [-0.1, -0.05) is 36.4 Å². The average molecular weight is 393 g/mol. The molecule has 4 rings (SSSR count). The van der Waals surface area contributed by atoms with Crippen molar-refractivity contribution in [2.75, 3.05) is 13.1 Å². The Morgan fingerprint density at radius 3 is 2.64 bits per heavy atom. The lowest BCUT2D eigenvalue weighted by Crippen LogP contribution is -2.37. The highest BCUT2D eigenvalue weighted by Gasteiger charge is 2.24. The molecule has 1 amide bonds. The number of piperidine rings is 1. The van der Waals surface area contributed by atoms with Crippen LogP contribution >= 0.6 is 11.3 Å². The number of rotatable bonds is 5. The first kappa shape index (κ1) is 18.7. The van der Waals surface area contributed by atoms with Crippen LogP contribution in [0.25, 0.3) is 0 Å². The molecule has 0 radical (unpaired) electrons. The number of carbonyl (C=O) groups is 1. The van der Waals surface area contributed by atoms with Gasteiger partial charge >= 0.3 is 0 Å². The van der Waals surface area contributed by atoms with Gasteiger partial charge in [0.25, 0.3) is 5.91 Å². The van der Waals surface area contributed by atoms with Gasteiger partial charge in [0.05, 0.1) is 10.7 Å². The van der Waals surface area contributed by atoms with E-state index in [4.69, 9.17) is 4.74 Å². The third kappa shape index (κ3) is 4.42. The molecule has 0 unspecified atom stereocenters. The highest BCUT2D eigenvalue weighted by atomic mass is 32.1. The Bertz CT molecular complexity index is 931. The highest BCUT2D eigenvalue weighted by Crippen LogP contribution is 2.28. The predicted octanol–water partition coefficient (Wildman–Crippen LogP) is 5.05. The molecule has 5 heteroatoms. The Balaban J connectivity index is 1.36. The molecule has 144 valence electrons. The molecule has 1 aromatic heterocycles. The predicted molar refractivity (Wildman–Crippen MR) is 112 cm³/mol. The molecule has 3 aromatic rings. The number of nitrogens with zero attached hydrogens (tertiary/aromatic N) is 2. The molecule has 0 saturated carbocycles. The second kappa shape index (κ2) is 8.57. The van der Waals surface area contributed by atoms with Gasteiger partial charge in [0.1, 0.15) is 12.4 Å². The van der Waals surface area contributed by atoms with Gasteiger partial charge in [0.15, 0.2) is 0 Å². The van der Waals surface area contributed by atoms with Crippen LogP contribution in [-0.4, -0.2) is 28.9 Å². The minimum atomic E-state index is 0.0847. The van der Waals surface area contributed by atoms with E-state index in [1.807, 2.05) is 47.5 Å². The van der Waals surface area contributed by atoms with Crippen molar-refractivity contribution in [1.82, 2.24) is 9.88 Å². The Hall–Kier alpha value is -2.66. The van der Waals surface area contributed by atoms with Gasteiger partial charge in [-0.2, -0.15) is 0 Å². The van der Waals surface area contributed by atoms with Crippen LogP contribution in [-0.2, 0) is 6.61 Å². The molecule has 0 atom stereocenters. The fourth-order valence-electron chi connectivity index (χ4n) is 3.67. The van der Waals surface area contributed by atoms with Gasteiger partial charge in [-0.3, -0.25) is 4.79 Å². The third-order valence-electron chi connectivity index (χ3n) is 5.19. The van der Waals surface area contributed by atoms with Crippen LogP contribution in [0, 0.1) is 6.92 Å². The number of aromatic nitrogens is 1. The zero-order chi connectivity index (χ0) is 19.3. The zero-order valence-corrected chi connectivity index (χ0v) is 16.8. The number of ether oxygens (including phenoxy) is 1. The largest absolute Gasteiger partial charge is 0.487 e. The number of carbonyl (C=O) groups excluding carboxylic acids is 1. The number of thiazole rings is 1. The second-order valence-corrected chi connectivity index (χ2v) is 8.21. The number of aryl methyl sites for hydroxylation is 1. The van der Waals surface area contributed by atoms with Crippen molar-refractivity contribution in [3.05, 3.63) is 81.8 Å². The molecule has 0 N–H and O–H groups in total. The van der Waals surface area contributed by atoms with E-state index < -0.39 is 0 Å². The fraction of sp³-hybridized carbons (Fsp3) is 0.304. The lowest BCUT2D eigenvalue weighted by Gasteiger charge is -2.32. The molecule has 2 heterocycles. The van der Waals surface area contributed by atoms with Gasteiger partial charge in [0.2, 0.25) is 0 Å². The quantitative estimate of drug-likeness (QED) is 0.610. The summed E-state index contributed by atoms with van der Waals surface area (Å²) in [6.45, 7) is 3.99. The molecule has 2 aromatic carbocycles. The lowest BCUT2D eigenvalue weighted by atomic mass is 9.89. The first-order valence-electron chi connectivity index (χ1n) is 9.67. The van der Waals surface area contributed by atoms with E-state index >= 15 is 0 Å². The van der Waals surface area contributed by atoms with Crippen LogP contribution in [0.1, 0.15) is 45.4 Å². The molecular formula is C23H24N2O2S. The summed E-state index contributed by atoms with van der Waals surface area (Å²) < 4.78 is 5.83. The van der Waals surface area contributed by atoms with Crippen LogP contribution in [0.2, 0.25) is 0 Å². The van der Waals surface area contributed by atoms with Crippen molar-refractivity contribution in [2.24, 2.45) is 0 Å². The van der Waals surface area contributed by atoms with Crippen LogP contribution in [0.3, 0.4) is 0 Å². The van der Waals surface area contributed by atoms with Gasteiger partial charge in [-0.25, -0.2) is 4.98 Å². The average Bonchev–Trinajstić information content (AvgIpc) is 3.18. The standard InChI is InChI=1S/C23H24N2O2S/c1-17-24-21(16-28-17)15-27-22-9-5-8-20(14-22)23(26)25-12-10-19(11-13-25)18-6-3-2-4-7-18/h2-9,14,16,19H,10-13,15H2,1H3. The fourth-order valence-corrected chi connectivity index (χ4v) is 4.27. The summed E-state index contributed by atoms with van der Waals surface area (Å²) in [7, 11) is 0. The molecule has 1 saturated heterocycles. The Labute approximate surface area is 169 Å². The first-order chi connectivity index (χ1) is 13.7. The van der Waals surface area contributed by atoms with E-state index in [-0.39, 0.29) is 5.91 Å². The summed E-state index contributed by atoms with van der Waals surface area (Å²) in [4.78, 5) is 19.3. The highest BCUT2D eigenvalue weighted by molar-refractivity contribution is 7.09. The van der Waals surface area contributed by atoms with Crippen LogP contribution in [0.5, 0.6) is 5.75 Å². The smallest absolute Gasteiger partial charge is 0.253 e. The first-order valence-corrected chi connectivity index (χ1v) is 10.5. The summed E-state index contributed by atoms with van der Waals surface area (Å²) >= 11 is 1.61. The third-order valence-corrected chi connectivity index (χ3v) is 6.01. The number of likely N-dealkylation sites (tertiary alicyclic amines) is 1. The molecule has 0 bridgehead atoms. The SMILES string of the molecule is Cc1nc(COc2cccc(C(=O)N3CCC(c4ccccc4)CC3)c2)cs1. The Kier molecular flexibility index (Phi) is 5.72. The van der Waals surface area contributed by atoms with E-state index in [1.165, 1.54) is 5.56 Å². The minimum absolute atomic E-state index is 0.0847. The minimum Gasteiger partial charge on any atom is -0.487 e. The molecule has 0 spiro atoms. The Morgan fingerprint density at radius 1 is 1.14 bits per heavy atom. The van der Waals surface area contributed by atoms with Crippen molar-refractivity contribution >= 4 is 17.2 Å². The topological polar surface area (TPSA) is 42.4 Å². The lowest BCUT2D eigenvalue weighted by molar-refractivity contribution is 0.0712. The van der Waals surface area contributed by atoms with Gasteiger partial charge in [-0.05, 0) is 49.4 Å². The Morgan fingerprint density at radius 2 is 1.93 bits per heavy atom. The maximum Gasteiger partial charge on any atom is 0.253 e. The van der Waals surface area contributed by atoms with Gasteiger partial charge < -0.3 is 9.64 Å². The summed E-state index contributed by atoms with van der Waals surface area (Å²) in [5.74, 6) is 1.33. The number of amides is 1. The van der Waals surface area contributed by atoms with Gasteiger partial charge in [-0.15, -0.1) is 11.3 Å². The summed E-state index contributed by atoms with van der Waals surface area (Å²) in [6.07, 6.45) is 2.02. The number of hydrogen-bond acceptors (Lipinski definition) is 4. The second-order valence-electron chi connectivity index (χ2n) is 7.15. The monoisotopic (exact) mass is 392 g/mol. The van der Waals surface area contributed by atoms with E-state index in [0.29, 0.717) is 23.8 Å². The van der Waals surface area contributed by atoms with Crippen molar-refractivity contribution in [2.45, 2.75) is 32.3 Å². The molecule has 28 heavy (non-hydrogen) atoms. The number of benzene rings is 2. The van der Waals surface area contributed by atoms with E-state index in [0.717, 1.165) is 36.6 Å². The molecule has 1 aliphatic heterocycles. The molecule has 1 fully saturated rings. The zero-order valence-electron chi connectivity index (χ0n) is 16.0. The molecule has 0 aliphatic carbocycles. The van der Waals surface area contributed by atoms with Crippen LogP contribution < -0.4 is 4.74 Å². The molecular weight excluding hydrogens is 368 g/mol. The van der Waals surface area contributed by atoms with E-state index in [1.54, 1.807) is 11.3 Å². The number of hydrogen-bond donors (Lipinski definition) is 0. The van der Waals surface area contributed by atoms with Crippen LogP contribution in [0.4, 0.5) is 0 Å². The summed E-state index contributed by atoms with van der Waals surface area (Å²) in [6, 6.07) is 18.1. The summed E-state index contributed by atoms with van der Waals surface area (Å²) in [5.41, 5.74) is 2.98. The molecule has 4 nitrogen and oxygen atoms in total. The van der Waals surface area contributed by atoms with E-state index in [2.05, 4.69) is 29.2 Å². The van der Waals surface area contributed by atoms with Crippen molar-refractivity contribution < 1.29 is 9.53 Å². The van der Waals surface area contributed by atoms with Crippen molar-refractivity contribution in [3.8, 4) is 5.75 Å². The maximum absolute atomic E-state index is 12.9. The summed E-state index contributed by atoms with van der Waals surface area (Å²) in [5, 5.41) is 3.03. The normalized spacial score (nSPS) is 14.8. The van der Waals surface area contributed by atoms with Gasteiger partial charge in [0, 0.05) is 24.0 Å². The van der Waals surface area contributed by atoms with E-state index in [9.17, 15) is 4.79 Å².